The lowest BCUT2D eigenvalue weighted by Crippen LogP contribution is -2.55. The van der Waals surface area contributed by atoms with Gasteiger partial charge in [-0.2, -0.15) is 0 Å². The SMILES string of the molecule is CNC(=O)C(Cc1cccc2ccccc12)N(C)C(=O)C(Cc1ccccc1)N(C)C(=O)/C=C/CC(C)(C)N. The summed E-state index contributed by atoms with van der Waals surface area (Å²) in [5, 5.41) is 4.82. The van der Waals surface area contributed by atoms with Crippen LogP contribution in [0.15, 0.2) is 84.9 Å². The van der Waals surface area contributed by atoms with Gasteiger partial charge in [-0.05, 0) is 48.2 Å². The van der Waals surface area contributed by atoms with Crippen LogP contribution in [-0.4, -0.2) is 66.3 Å². The maximum Gasteiger partial charge on any atom is 0.246 e. The number of carbonyl (C=O) groups is 3. The molecule has 0 saturated heterocycles. The summed E-state index contributed by atoms with van der Waals surface area (Å²) in [4.78, 5) is 43.2. The molecule has 2 unspecified atom stereocenters. The first-order valence-electron chi connectivity index (χ1n) is 13.2. The van der Waals surface area contributed by atoms with Crippen molar-refractivity contribution in [2.24, 2.45) is 5.73 Å². The predicted octanol–water partition coefficient (Wildman–Crippen LogP) is 3.71. The molecule has 0 heterocycles. The van der Waals surface area contributed by atoms with Crippen LogP contribution in [0.25, 0.3) is 10.8 Å². The molecule has 39 heavy (non-hydrogen) atoms. The first kappa shape index (κ1) is 29.6. The summed E-state index contributed by atoms with van der Waals surface area (Å²) in [5.41, 5.74) is 7.49. The third-order valence-electron chi connectivity index (χ3n) is 6.93. The van der Waals surface area contributed by atoms with E-state index in [1.54, 1.807) is 27.2 Å². The summed E-state index contributed by atoms with van der Waals surface area (Å²) >= 11 is 0. The molecule has 206 valence electrons. The summed E-state index contributed by atoms with van der Waals surface area (Å²) in [7, 11) is 4.83. The molecule has 3 aromatic rings. The number of benzene rings is 3. The molecule has 0 aliphatic heterocycles. The third kappa shape index (κ3) is 8.01. The summed E-state index contributed by atoms with van der Waals surface area (Å²) in [6.07, 6.45) is 4.38. The van der Waals surface area contributed by atoms with Gasteiger partial charge < -0.3 is 20.9 Å². The topological polar surface area (TPSA) is 95.7 Å². The molecular weight excluding hydrogens is 488 g/mol. The van der Waals surface area contributed by atoms with Crippen molar-refractivity contribution in [2.45, 2.75) is 50.7 Å². The van der Waals surface area contributed by atoms with Gasteiger partial charge in [-0.25, -0.2) is 0 Å². The van der Waals surface area contributed by atoms with Crippen molar-refractivity contribution in [1.29, 1.82) is 0 Å². The van der Waals surface area contributed by atoms with E-state index in [9.17, 15) is 14.4 Å². The highest BCUT2D eigenvalue weighted by molar-refractivity contribution is 5.95. The zero-order valence-electron chi connectivity index (χ0n) is 23.6. The minimum Gasteiger partial charge on any atom is -0.357 e. The molecule has 3 aromatic carbocycles. The number of nitrogens with zero attached hydrogens (tertiary/aromatic N) is 2. The van der Waals surface area contributed by atoms with Gasteiger partial charge in [0.25, 0.3) is 0 Å². The van der Waals surface area contributed by atoms with E-state index >= 15 is 0 Å². The van der Waals surface area contributed by atoms with Crippen LogP contribution in [0, 0.1) is 0 Å². The van der Waals surface area contributed by atoms with Gasteiger partial charge in [-0.15, -0.1) is 0 Å². The Balaban J connectivity index is 1.92. The Labute approximate surface area is 231 Å². The van der Waals surface area contributed by atoms with Gasteiger partial charge in [-0.1, -0.05) is 78.9 Å². The second kappa shape index (κ2) is 13.2. The quantitative estimate of drug-likeness (QED) is 0.371. The second-order valence-electron chi connectivity index (χ2n) is 10.7. The maximum absolute atomic E-state index is 14.1. The van der Waals surface area contributed by atoms with Crippen molar-refractivity contribution in [1.82, 2.24) is 15.1 Å². The number of rotatable bonds is 11. The van der Waals surface area contributed by atoms with Crippen LogP contribution in [0.4, 0.5) is 0 Å². The van der Waals surface area contributed by atoms with Crippen LogP contribution in [-0.2, 0) is 27.2 Å². The molecule has 0 aliphatic rings. The van der Waals surface area contributed by atoms with Gasteiger partial charge in [0.05, 0.1) is 0 Å². The lowest BCUT2D eigenvalue weighted by atomic mass is 9.96. The van der Waals surface area contributed by atoms with Crippen LogP contribution in [0.1, 0.15) is 31.4 Å². The molecule has 7 heteroatoms. The first-order valence-corrected chi connectivity index (χ1v) is 13.2. The van der Waals surface area contributed by atoms with Crippen LogP contribution in [0.2, 0.25) is 0 Å². The van der Waals surface area contributed by atoms with E-state index in [0.717, 1.165) is 21.9 Å². The van der Waals surface area contributed by atoms with Crippen LogP contribution >= 0.6 is 0 Å². The number of fused-ring (bicyclic) bond motifs is 1. The van der Waals surface area contributed by atoms with Gasteiger partial charge in [0.2, 0.25) is 17.7 Å². The molecular formula is C32H40N4O3. The molecule has 0 spiro atoms. The molecule has 0 aromatic heterocycles. The van der Waals surface area contributed by atoms with E-state index in [-0.39, 0.29) is 17.7 Å². The van der Waals surface area contributed by atoms with Gasteiger partial charge in [-0.3, -0.25) is 14.4 Å². The monoisotopic (exact) mass is 528 g/mol. The number of likely N-dealkylation sites (N-methyl/N-ethyl adjacent to an activating group) is 3. The van der Waals surface area contributed by atoms with E-state index in [1.165, 1.54) is 15.9 Å². The fourth-order valence-electron chi connectivity index (χ4n) is 4.60. The zero-order chi connectivity index (χ0) is 28.6. The first-order chi connectivity index (χ1) is 18.5. The summed E-state index contributed by atoms with van der Waals surface area (Å²) in [6, 6.07) is 22.0. The molecule has 3 amide bonds. The van der Waals surface area contributed by atoms with Gasteiger partial charge in [0.15, 0.2) is 0 Å². The van der Waals surface area contributed by atoms with Crippen molar-refractivity contribution in [2.75, 3.05) is 21.1 Å². The number of amides is 3. The van der Waals surface area contributed by atoms with Crippen molar-refractivity contribution < 1.29 is 14.4 Å². The normalized spacial score (nSPS) is 13.2. The zero-order valence-corrected chi connectivity index (χ0v) is 23.6. The summed E-state index contributed by atoms with van der Waals surface area (Å²) in [5.74, 6) is -0.875. The Morgan fingerprint density at radius 3 is 2.18 bits per heavy atom. The van der Waals surface area contributed by atoms with E-state index in [4.69, 9.17) is 5.73 Å². The molecule has 2 atom stereocenters. The highest BCUT2D eigenvalue weighted by Gasteiger charge is 2.34. The minimum atomic E-state index is -0.805. The highest BCUT2D eigenvalue weighted by Crippen LogP contribution is 2.22. The van der Waals surface area contributed by atoms with Crippen LogP contribution in [0.3, 0.4) is 0 Å². The number of nitrogens with two attached hydrogens (primary N) is 1. The Hall–Kier alpha value is -3.97. The molecule has 3 rings (SSSR count). The number of hydrogen-bond acceptors (Lipinski definition) is 4. The van der Waals surface area contributed by atoms with Gasteiger partial charge >= 0.3 is 0 Å². The molecule has 0 bridgehead atoms. The fourth-order valence-corrected chi connectivity index (χ4v) is 4.60. The standard InChI is InChI=1S/C32H40N4O3/c1-32(2,33)20-12-19-29(37)35(4)28(21-23-13-7-6-8-14-23)31(39)36(5)27(30(38)34-3)22-25-17-11-16-24-15-9-10-18-26(24)25/h6-19,27-28H,20-22,33H2,1-5H3,(H,34,38)/b19-12+. The number of hydrogen-bond donors (Lipinski definition) is 2. The van der Waals surface area contributed by atoms with E-state index in [1.807, 2.05) is 86.6 Å². The van der Waals surface area contributed by atoms with E-state index < -0.39 is 17.6 Å². The second-order valence-corrected chi connectivity index (χ2v) is 10.7. The van der Waals surface area contributed by atoms with E-state index in [0.29, 0.717) is 19.3 Å². The lowest BCUT2D eigenvalue weighted by molar-refractivity contribution is -0.146. The molecule has 0 aliphatic carbocycles. The lowest BCUT2D eigenvalue weighted by Gasteiger charge is -2.34. The van der Waals surface area contributed by atoms with Crippen molar-refractivity contribution in [3.8, 4) is 0 Å². The highest BCUT2D eigenvalue weighted by atomic mass is 16.2. The van der Waals surface area contributed by atoms with Crippen molar-refractivity contribution in [3.05, 3.63) is 96.1 Å². The largest absolute Gasteiger partial charge is 0.357 e. The summed E-state index contributed by atoms with van der Waals surface area (Å²) < 4.78 is 0. The third-order valence-corrected chi connectivity index (χ3v) is 6.93. The van der Waals surface area contributed by atoms with Crippen LogP contribution < -0.4 is 11.1 Å². The van der Waals surface area contributed by atoms with Crippen molar-refractivity contribution >= 4 is 28.5 Å². The Kier molecular flexibility index (Phi) is 10.0. The maximum atomic E-state index is 14.1. The fraction of sp³-hybridized carbons (Fsp3) is 0.344. The molecule has 0 saturated carbocycles. The Bertz CT molecular complexity index is 1310. The molecule has 3 N–H and O–H groups in total. The molecule has 0 radical (unpaired) electrons. The predicted molar refractivity (Wildman–Crippen MR) is 157 cm³/mol. The van der Waals surface area contributed by atoms with Crippen LogP contribution in [0.5, 0.6) is 0 Å². The van der Waals surface area contributed by atoms with E-state index in [2.05, 4.69) is 5.32 Å². The Morgan fingerprint density at radius 1 is 0.872 bits per heavy atom. The van der Waals surface area contributed by atoms with Gasteiger partial charge in [0.1, 0.15) is 12.1 Å². The average molecular weight is 529 g/mol. The smallest absolute Gasteiger partial charge is 0.246 e. The minimum absolute atomic E-state index is 0.267. The number of nitrogens with one attached hydrogen (secondary N) is 1. The average Bonchev–Trinajstić information content (AvgIpc) is 2.93. The Morgan fingerprint density at radius 2 is 1.51 bits per heavy atom. The molecule has 0 fully saturated rings. The van der Waals surface area contributed by atoms with Crippen molar-refractivity contribution in [3.63, 3.8) is 0 Å². The number of carbonyl (C=O) groups excluding carboxylic acids is 3. The molecule has 7 nitrogen and oxygen atoms in total. The van der Waals surface area contributed by atoms with Gasteiger partial charge in [0, 0.05) is 39.5 Å². The summed E-state index contributed by atoms with van der Waals surface area (Å²) in [6.45, 7) is 3.77.